The lowest BCUT2D eigenvalue weighted by Crippen LogP contribution is -2.44. The average Bonchev–Trinajstić information content (AvgIpc) is 2.26. The number of halogens is 2. The Balaban J connectivity index is 2.98. The maximum absolute atomic E-state index is 13.4. The van der Waals surface area contributed by atoms with E-state index in [0.717, 1.165) is 0 Å². The van der Waals surface area contributed by atoms with Gasteiger partial charge in [-0.15, -0.1) is 0 Å². The predicted octanol–water partition coefficient (Wildman–Crippen LogP) is 2.17. The first-order valence-electron chi connectivity index (χ1n) is 4.61. The van der Waals surface area contributed by atoms with Crippen LogP contribution in [0.2, 0.25) is 0 Å². The molecule has 0 amide bonds. The summed E-state index contributed by atoms with van der Waals surface area (Å²) in [6.07, 6.45) is -1.70. The van der Waals surface area contributed by atoms with Gasteiger partial charge < -0.3 is 9.84 Å². The maximum atomic E-state index is 13.4. The molecule has 0 aromatic heterocycles. The van der Waals surface area contributed by atoms with Crippen molar-refractivity contribution in [2.24, 2.45) is 5.41 Å². The average molecular weight is 194 g/mol. The fourth-order valence-corrected chi connectivity index (χ4v) is 1.90. The van der Waals surface area contributed by atoms with Crippen LogP contribution in [0.1, 0.15) is 33.6 Å². The molecule has 1 heterocycles. The van der Waals surface area contributed by atoms with Gasteiger partial charge in [-0.3, -0.25) is 0 Å². The van der Waals surface area contributed by atoms with Gasteiger partial charge in [-0.25, -0.2) is 8.78 Å². The second-order valence-electron chi connectivity index (χ2n) is 3.78. The highest BCUT2D eigenvalue weighted by Crippen LogP contribution is 2.52. The van der Waals surface area contributed by atoms with Gasteiger partial charge in [0.05, 0.1) is 11.5 Å². The fraction of sp³-hybridized carbons (Fsp3) is 1.00. The number of hydrogen-bond donors (Lipinski definition) is 1. The van der Waals surface area contributed by atoms with Crippen LogP contribution in [-0.4, -0.2) is 23.4 Å². The van der Waals surface area contributed by atoms with E-state index in [1.54, 1.807) is 13.8 Å². The van der Waals surface area contributed by atoms with E-state index in [1.807, 2.05) is 0 Å². The second-order valence-corrected chi connectivity index (χ2v) is 3.78. The monoisotopic (exact) mass is 194 g/mol. The van der Waals surface area contributed by atoms with E-state index < -0.39 is 23.7 Å². The Morgan fingerprint density at radius 2 is 1.92 bits per heavy atom. The molecule has 1 N–H and O–H groups in total. The number of rotatable bonds is 2. The minimum atomic E-state index is -3.14. The Morgan fingerprint density at radius 3 is 2.23 bits per heavy atom. The van der Waals surface area contributed by atoms with Crippen LogP contribution in [-0.2, 0) is 4.74 Å². The summed E-state index contributed by atoms with van der Waals surface area (Å²) in [5.41, 5.74) is -1.23. The Labute approximate surface area is 76.9 Å². The summed E-state index contributed by atoms with van der Waals surface area (Å²) in [5, 5.41) is 9.05. The summed E-state index contributed by atoms with van der Waals surface area (Å²) < 4.78 is 31.7. The molecule has 1 unspecified atom stereocenters. The second kappa shape index (κ2) is 3.17. The van der Waals surface area contributed by atoms with Crippen molar-refractivity contribution in [2.75, 3.05) is 0 Å². The molecule has 1 fully saturated rings. The zero-order valence-corrected chi connectivity index (χ0v) is 8.18. The van der Waals surface area contributed by atoms with Gasteiger partial charge in [-0.05, 0) is 12.8 Å². The molecule has 13 heavy (non-hydrogen) atoms. The van der Waals surface area contributed by atoms with Crippen molar-refractivity contribution in [1.29, 1.82) is 0 Å². The highest BCUT2D eigenvalue weighted by Gasteiger charge is 2.64. The third kappa shape index (κ3) is 1.27. The van der Waals surface area contributed by atoms with E-state index in [4.69, 9.17) is 9.84 Å². The third-order valence-corrected chi connectivity index (χ3v) is 3.18. The van der Waals surface area contributed by atoms with E-state index in [-0.39, 0.29) is 0 Å². The summed E-state index contributed by atoms with van der Waals surface area (Å²) >= 11 is 0. The summed E-state index contributed by atoms with van der Waals surface area (Å²) in [4.78, 5) is 0. The van der Waals surface area contributed by atoms with Gasteiger partial charge in [0, 0.05) is 0 Å². The molecule has 0 aromatic rings. The Hall–Kier alpha value is -0.220. The van der Waals surface area contributed by atoms with Crippen LogP contribution >= 0.6 is 0 Å². The first-order valence-corrected chi connectivity index (χ1v) is 4.61. The third-order valence-electron chi connectivity index (χ3n) is 3.18. The molecular formula is C9H16F2O2. The number of ether oxygens (including phenoxy) is 1. The molecule has 4 heteroatoms. The molecule has 0 saturated carbocycles. The quantitative estimate of drug-likeness (QED) is 0.730. The summed E-state index contributed by atoms with van der Waals surface area (Å²) in [6, 6.07) is 0. The Kier molecular flexibility index (Phi) is 2.65. The Morgan fingerprint density at radius 1 is 1.38 bits per heavy atom. The van der Waals surface area contributed by atoms with Crippen molar-refractivity contribution in [3.8, 4) is 0 Å². The first-order chi connectivity index (χ1) is 5.90. The maximum Gasteiger partial charge on any atom is 0.305 e. The zero-order chi connectivity index (χ0) is 10.3. The molecule has 0 spiro atoms. The lowest BCUT2D eigenvalue weighted by molar-refractivity contribution is -0.202. The minimum Gasteiger partial charge on any atom is -0.363 e. The normalized spacial score (nSPS) is 43.8. The van der Waals surface area contributed by atoms with Gasteiger partial charge in [0.25, 0.3) is 0 Å². The highest BCUT2D eigenvalue weighted by molar-refractivity contribution is 5.01. The first kappa shape index (κ1) is 10.9. The lowest BCUT2D eigenvalue weighted by Gasteiger charge is -2.32. The van der Waals surface area contributed by atoms with Gasteiger partial charge in [0.1, 0.15) is 0 Å². The Bertz CT molecular complexity index is 196. The van der Waals surface area contributed by atoms with Crippen molar-refractivity contribution in [2.45, 2.75) is 51.9 Å². The van der Waals surface area contributed by atoms with Gasteiger partial charge in [-0.2, -0.15) is 0 Å². The SMILES string of the molecule is CC[C@H]1OC(O)C(F)(F)[C@]1(C)CC. The number of aliphatic hydroxyl groups excluding tert-OH is 1. The van der Waals surface area contributed by atoms with Crippen molar-refractivity contribution in [1.82, 2.24) is 0 Å². The van der Waals surface area contributed by atoms with Crippen LogP contribution in [0.15, 0.2) is 0 Å². The number of alkyl halides is 2. The molecule has 0 radical (unpaired) electrons. The number of hydrogen-bond acceptors (Lipinski definition) is 2. The molecule has 78 valence electrons. The minimum absolute atomic E-state index is 0.301. The smallest absolute Gasteiger partial charge is 0.305 e. The van der Waals surface area contributed by atoms with Crippen molar-refractivity contribution >= 4 is 0 Å². The fourth-order valence-electron chi connectivity index (χ4n) is 1.90. The largest absolute Gasteiger partial charge is 0.363 e. The molecule has 1 aliphatic heterocycles. The van der Waals surface area contributed by atoms with Crippen LogP contribution < -0.4 is 0 Å². The summed E-state index contributed by atoms with van der Waals surface area (Å²) in [6.45, 7) is 4.95. The van der Waals surface area contributed by atoms with Crippen LogP contribution in [0.3, 0.4) is 0 Å². The number of aliphatic hydroxyl groups is 1. The molecule has 0 aliphatic carbocycles. The van der Waals surface area contributed by atoms with E-state index in [9.17, 15) is 8.78 Å². The summed E-state index contributed by atoms with van der Waals surface area (Å²) in [7, 11) is 0. The van der Waals surface area contributed by atoms with Crippen LogP contribution in [0.25, 0.3) is 0 Å². The van der Waals surface area contributed by atoms with Gasteiger partial charge in [0.15, 0.2) is 0 Å². The van der Waals surface area contributed by atoms with Crippen molar-refractivity contribution < 1.29 is 18.6 Å². The molecule has 3 atom stereocenters. The van der Waals surface area contributed by atoms with Crippen LogP contribution in [0.5, 0.6) is 0 Å². The van der Waals surface area contributed by atoms with E-state index >= 15 is 0 Å². The van der Waals surface area contributed by atoms with Crippen molar-refractivity contribution in [3.63, 3.8) is 0 Å². The van der Waals surface area contributed by atoms with Crippen molar-refractivity contribution in [3.05, 3.63) is 0 Å². The van der Waals surface area contributed by atoms with E-state index in [0.29, 0.717) is 12.8 Å². The topological polar surface area (TPSA) is 29.5 Å². The van der Waals surface area contributed by atoms with Gasteiger partial charge in [-0.1, -0.05) is 20.8 Å². The predicted molar refractivity (Wildman–Crippen MR) is 44.5 cm³/mol. The van der Waals surface area contributed by atoms with Gasteiger partial charge >= 0.3 is 5.92 Å². The molecule has 1 rings (SSSR count). The lowest BCUT2D eigenvalue weighted by atomic mass is 9.76. The molecule has 0 aromatic carbocycles. The molecule has 2 nitrogen and oxygen atoms in total. The standard InChI is InChI=1S/C9H16F2O2/c1-4-6-8(3,5-2)9(10,11)7(12)13-6/h6-7,12H,4-5H2,1-3H3/t6-,7?,8-/m1/s1. The van der Waals surface area contributed by atoms with Gasteiger partial charge in [0.2, 0.25) is 6.29 Å². The molecule has 1 saturated heterocycles. The van der Waals surface area contributed by atoms with Crippen LogP contribution in [0, 0.1) is 5.41 Å². The van der Waals surface area contributed by atoms with E-state index in [2.05, 4.69) is 0 Å². The zero-order valence-electron chi connectivity index (χ0n) is 8.18. The molecular weight excluding hydrogens is 178 g/mol. The molecule has 1 aliphatic rings. The highest BCUT2D eigenvalue weighted by atomic mass is 19.3. The summed E-state index contributed by atoms with van der Waals surface area (Å²) in [5.74, 6) is -3.14. The van der Waals surface area contributed by atoms with Crippen LogP contribution in [0.4, 0.5) is 8.78 Å². The van der Waals surface area contributed by atoms with E-state index in [1.165, 1.54) is 6.92 Å². The molecule has 0 bridgehead atoms.